The fourth-order valence-corrected chi connectivity index (χ4v) is 6.28. The third-order valence-electron chi connectivity index (χ3n) is 5.78. The van der Waals surface area contributed by atoms with E-state index in [1.807, 2.05) is 6.92 Å². The van der Waals surface area contributed by atoms with Gasteiger partial charge in [-0.1, -0.05) is 18.0 Å². The molecule has 1 aliphatic carbocycles. The van der Waals surface area contributed by atoms with Crippen molar-refractivity contribution in [3.8, 4) is 11.1 Å². The molecule has 1 saturated carbocycles. The summed E-state index contributed by atoms with van der Waals surface area (Å²) in [5.74, 6) is 0.917. The van der Waals surface area contributed by atoms with E-state index in [1.54, 1.807) is 32.2 Å². The number of hydrogen-bond donors (Lipinski definition) is 2. The largest absolute Gasteiger partial charge is 0.384 e. The van der Waals surface area contributed by atoms with Crippen molar-refractivity contribution >= 4 is 26.4 Å². The van der Waals surface area contributed by atoms with Gasteiger partial charge in [-0.3, -0.25) is 4.79 Å². The lowest BCUT2D eigenvalue weighted by molar-refractivity contribution is 0.393. The number of aromatic nitrogens is 2. The lowest BCUT2D eigenvalue weighted by Crippen LogP contribution is -2.16. The number of rotatable bonds is 5. The number of pyridine rings is 1. The zero-order valence-electron chi connectivity index (χ0n) is 16.8. The van der Waals surface area contributed by atoms with Crippen LogP contribution in [0.2, 0.25) is 0 Å². The highest BCUT2D eigenvalue weighted by molar-refractivity contribution is 7.91. The summed E-state index contributed by atoms with van der Waals surface area (Å²) in [7, 11) is -1.91. The Balaban J connectivity index is 1.98. The molecule has 0 amide bonds. The van der Waals surface area contributed by atoms with E-state index in [2.05, 4.69) is 15.5 Å². The van der Waals surface area contributed by atoms with Crippen molar-refractivity contribution in [2.75, 3.05) is 18.1 Å². The minimum absolute atomic E-state index is 0.126. The van der Waals surface area contributed by atoms with Gasteiger partial charge in [0, 0.05) is 18.0 Å². The van der Waals surface area contributed by atoms with Gasteiger partial charge in [-0.05, 0) is 56.4 Å². The van der Waals surface area contributed by atoms with Crippen LogP contribution in [-0.2, 0) is 9.84 Å². The molecule has 2 aromatic heterocycles. The zero-order valence-corrected chi connectivity index (χ0v) is 17.6. The minimum Gasteiger partial charge on any atom is -0.384 e. The molecular weight excluding hydrogens is 390 g/mol. The lowest BCUT2D eigenvalue weighted by Gasteiger charge is -2.15. The number of aryl methyl sites for hydroxylation is 2. The van der Waals surface area contributed by atoms with Crippen LogP contribution in [0.5, 0.6) is 0 Å². The quantitative estimate of drug-likeness (QED) is 0.657. The maximum Gasteiger partial charge on any atom is 0.271 e. The molecule has 154 valence electrons. The van der Waals surface area contributed by atoms with Gasteiger partial charge >= 0.3 is 0 Å². The first-order chi connectivity index (χ1) is 13.8. The van der Waals surface area contributed by atoms with Crippen LogP contribution < -0.4 is 10.9 Å². The Hall–Kier alpha value is -2.61. The van der Waals surface area contributed by atoms with Gasteiger partial charge < -0.3 is 14.8 Å². The molecule has 0 aliphatic heterocycles. The zero-order chi connectivity index (χ0) is 20.8. The fraction of sp³-hybridized carbons (Fsp3) is 0.429. The Morgan fingerprint density at radius 2 is 1.93 bits per heavy atom. The van der Waals surface area contributed by atoms with E-state index < -0.39 is 9.84 Å². The first-order valence-corrected chi connectivity index (χ1v) is 11.5. The highest BCUT2D eigenvalue weighted by Gasteiger charge is 2.27. The highest BCUT2D eigenvalue weighted by atomic mass is 32.2. The maximum absolute atomic E-state index is 13.4. The number of benzene rings is 1. The van der Waals surface area contributed by atoms with Crippen molar-refractivity contribution in [1.82, 2.24) is 10.1 Å². The summed E-state index contributed by atoms with van der Waals surface area (Å²) in [5.41, 5.74) is 2.62. The van der Waals surface area contributed by atoms with Crippen LogP contribution in [0.4, 0.5) is 5.69 Å². The van der Waals surface area contributed by atoms with Gasteiger partial charge in [0.15, 0.2) is 9.84 Å². The number of sulfone groups is 1. The standard InChI is InChI=1S/C21H25N3O4S/c1-12-20(13(2)28-24-12)15-8-17-16(10-18(22-3)21(25)23-17)19(9-15)29(26,27)11-14-6-4-5-7-14/h8-10,14,22H,4-7,11H2,1-3H3,(H,23,25). The molecule has 2 heterocycles. The Labute approximate surface area is 169 Å². The molecule has 0 saturated heterocycles. The van der Waals surface area contributed by atoms with Gasteiger partial charge in [0.1, 0.15) is 11.4 Å². The number of hydrogen-bond acceptors (Lipinski definition) is 6. The van der Waals surface area contributed by atoms with Crippen LogP contribution in [0, 0.1) is 19.8 Å². The van der Waals surface area contributed by atoms with Crippen LogP contribution in [0.15, 0.2) is 32.4 Å². The van der Waals surface area contributed by atoms with Crippen molar-refractivity contribution in [3.63, 3.8) is 0 Å². The van der Waals surface area contributed by atoms with E-state index in [-0.39, 0.29) is 22.1 Å². The molecule has 4 rings (SSSR count). The highest BCUT2D eigenvalue weighted by Crippen LogP contribution is 2.35. The van der Waals surface area contributed by atoms with Crippen molar-refractivity contribution in [2.45, 2.75) is 44.4 Å². The average molecular weight is 416 g/mol. The van der Waals surface area contributed by atoms with Gasteiger partial charge in [-0.15, -0.1) is 0 Å². The van der Waals surface area contributed by atoms with Gasteiger partial charge in [0.25, 0.3) is 5.56 Å². The molecule has 0 spiro atoms. The van der Waals surface area contributed by atoms with Crippen molar-refractivity contribution in [3.05, 3.63) is 40.0 Å². The van der Waals surface area contributed by atoms with Crippen molar-refractivity contribution in [2.24, 2.45) is 5.92 Å². The summed E-state index contributed by atoms with van der Waals surface area (Å²) in [6.07, 6.45) is 4.05. The van der Waals surface area contributed by atoms with Crippen molar-refractivity contribution in [1.29, 1.82) is 0 Å². The van der Waals surface area contributed by atoms with E-state index in [0.29, 0.717) is 33.6 Å². The number of fused-ring (bicyclic) bond motifs is 1. The van der Waals surface area contributed by atoms with E-state index in [0.717, 1.165) is 31.2 Å². The summed E-state index contributed by atoms with van der Waals surface area (Å²) in [4.78, 5) is 15.4. The molecule has 1 fully saturated rings. The first kappa shape index (κ1) is 19.7. The smallest absolute Gasteiger partial charge is 0.271 e. The van der Waals surface area contributed by atoms with E-state index >= 15 is 0 Å². The molecule has 2 N–H and O–H groups in total. The monoisotopic (exact) mass is 415 g/mol. The van der Waals surface area contributed by atoms with Gasteiger partial charge in [0.05, 0.1) is 21.9 Å². The molecule has 1 aliphatic rings. The predicted molar refractivity (Wildman–Crippen MR) is 113 cm³/mol. The van der Waals surface area contributed by atoms with Gasteiger partial charge in [-0.25, -0.2) is 8.42 Å². The fourth-order valence-electron chi connectivity index (χ4n) is 4.34. The molecule has 7 nitrogen and oxygen atoms in total. The molecule has 3 aromatic rings. The maximum atomic E-state index is 13.4. The summed E-state index contributed by atoms with van der Waals surface area (Å²) in [6.45, 7) is 3.61. The van der Waals surface area contributed by atoms with Crippen LogP contribution in [0.1, 0.15) is 37.1 Å². The first-order valence-electron chi connectivity index (χ1n) is 9.85. The number of nitrogens with zero attached hydrogens (tertiary/aromatic N) is 1. The van der Waals surface area contributed by atoms with Crippen LogP contribution in [0.3, 0.4) is 0 Å². The minimum atomic E-state index is -3.55. The Kier molecular flexibility index (Phi) is 4.98. The Morgan fingerprint density at radius 3 is 2.55 bits per heavy atom. The van der Waals surface area contributed by atoms with Crippen molar-refractivity contribution < 1.29 is 12.9 Å². The van der Waals surface area contributed by atoms with E-state index in [4.69, 9.17) is 4.52 Å². The molecule has 1 aromatic carbocycles. The second-order valence-electron chi connectivity index (χ2n) is 7.83. The summed E-state index contributed by atoms with van der Waals surface area (Å²) in [6, 6.07) is 5.10. The topological polar surface area (TPSA) is 105 Å². The van der Waals surface area contributed by atoms with Crippen LogP contribution >= 0.6 is 0 Å². The summed E-state index contributed by atoms with van der Waals surface area (Å²) in [5, 5.41) is 7.34. The predicted octanol–water partition coefficient (Wildman–Crippen LogP) is 3.81. The third kappa shape index (κ3) is 3.57. The normalized spacial score (nSPS) is 15.3. The summed E-state index contributed by atoms with van der Waals surface area (Å²) < 4.78 is 32.1. The van der Waals surface area contributed by atoms with E-state index in [1.165, 1.54) is 0 Å². The van der Waals surface area contributed by atoms with Crippen LogP contribution in [0.25, 0.3) is 22.0 Å². The van der Waals surface area contributed by atoms with Gasteiger partial charge in [0.2, 0.25) is 0 Å². The molecule has 0 unspecified atom stereocenters. The third-order valence-corrected chi connectivity index (χ3v) is 7.70. The van der Waals surface area contributed by atoms with Crippen LogP contribution in [-0.4, -0.2) is 31.4 Å². The van der Waals surface area contributed by atoms with Gasteiger partial charge in [-0.2, -0.15) is 0 Å². The second kappa shape index (κ2) is 7.33. The molecule has 0 radical (unpaired) electrons. The Morgan fingerprint density at radius 1 is 1.21 bits per heavy atom. The number of nitrogens with one attached hydrogen (secondary N) is 2. The average Bonchev–Trinajstić information content (AvgIpc) is 3.29. The number of aromatic amines is 1. The SMILES string of the molecule is CNc1cc2c(S(=O)(=O)CC3CCCC3)cc(-c3c(C)noc3C)cc2[nH]c1=O. The lowest BCUT2D eigenvalue weighted by atomic mass is 10.0. The second-order valence-corrected chi connectivity index (χ2v) is 9.83. The van der Waals surface area contributed by atoms with E-state index in [9.17, 15) is 13.2 Å². The summed E-state index contributed by atoms with van der Waals surface area (Å²) >= 11 is 0. The molecule has 8 heteroatoms. The molecular formula is C21H25N3O4S. The molecule has 29 heavy (non-hydrogen) atoms. The number of anilines is 1. The number of H-pyrrole nitrogens is 1. The molecule has 0 atom stereocenters. The Bertz CT molecular complexity index is 1220. The molecule has 0 bridgehead atoms.